The average molecular weight is 221 g/mol. The Labute approximate surface area is 96.0 Å². The van der Waals surface area contributed by atoms with Crippen molar-refractivity contribution in [3.8, 4) is 0 Å². The van der Waals surface area contributed by atoms with E-state index in [1.165, 1.54) is 19.3 Å². The van der Waals surface area contributed by atoms with Gasteiger partial charge < -0.3 is 10.3 Å². The number of aryl methyl sites for hydroxylation is 1. The first-order valence-corrected chi connectivity index (χ1v) is 5.79. The van der Waals surface area contributed by atoms with Crippen molar-refractivity contribution in [1.82, 2.24) is 9.97 Å². The van der Waals surface area contributed by atoms with Gasteiger partial charge in [0.1, 0.15) is 17.5 Å². The molecule has 0 aromatic carbocycles. The van der Waals surface area contributed by atoms with Gasteiger partial charge in [0.2, 0.25) is 0 Å². The number of piperidine rings is 1. The van der Waals surface area contributed by atoms with E-state index < -0.39 is 0 Å². The molecule has 16 heavy (non-hydrogen) atoms. The van der Waals surface area contributed by atoms with Gasteiger partial charge in [-0.3, -0.25) is 0 Å². The number of rotatable bonds is 2. The van der Waals surface area contributed by atoms with Gasteiger partial charge in [-0.25, -0.2) is 15.8 Å². The zero-order valence-electron chi connectivity index (χ0n) is 9.95. The summed E-state index contributed by atoms with van der Waals surface area (Å²) < 4.78 is 0. The molecule has 2 rings (SSSR count). The lowest BCUT2D eigenvalue weighted by Crippen LogP contribution is -2.31. The largest absolute Gasteiger partial charge is 0.356 e. The van der Waals surface area contributed by atoms with Gasteiger partial charge in [-0.2, -0.15) is 0 Å². The Morgan fingerprint density at radius 1 is 1.12 bits per heavy atom. The molecule has 0 aliphatic carbocycles. The minimum atomic E-state index is 0.730. The molecule has 0 spiro atoms. The Bertz CT molecular complexity index is 371. The summed E-state index contributed by atoms with van der Waals surface area (Å²) in [5.41, 5.74) is 3.67. The minimum Gasteiger partial charge on any atom is -0.356 e. The van der Waals surface area contributed by atoms with E-state index in [2.05, 4.69) is 20.3 Å². The van der Waals surface area contributed by atoms with Gasteiger partial charge in [0, 0.05) is 18.7 Å². The van der Waals surface area contributed by atoms with E-state index in [1.807, 2.05) is 13.8 Å². The second-order valence-electron chi connectivity index (χ2n) is 4.26. The average Bonchev–Trinajstić information content (AvgIpc) is 2.33. The van der Waals surface area contributed by atoms with Crippen LogP contribution >= 0.6 is 0 Å². The van der Waals surface area contributed by atoms with Crippen molar-refractivity contribution in [1.29, 1.82) is 0 Å². The summed E-state index contributed by atoms with van der Waals surface area (Å²) in [7, 11) is 0. The van der Waals surface area contributed by atoms with E-state index in [4.69, 9.17) is 5.84 Å². The van der Waals surface area contributed by atoms with Crippen LogP contribution in [0.4, 0.5) is 11.6 Å². The second-order valence-corrected chi connectivity index (χ2v) is 4.26. The van der Waals surface area contributed by atoms with Gasteiger partial charge in [-0.15, -0.1) is 0 Å². The number of nitrogens with two attached hydrogens (primary N) is 1. The fourth-order valence-corrected chi connectivity index (χ4v) is 2.17. The van der Waals surface area contributed by atoms with Crippen molar-refractivity contribution >= 4 is 11.6 Å². The molecule has 1 aromatic rings. The summed E-state index contributed by atoms with van der Waals surface area (Å²) in [4.78, 5) is 11.1. The smallest absolute Gasteiger partial charge is 0.148 e. The van der Waals surface area contributed by atoms with Gasteiger partial charge in [-0.1, -0.05) is 0 Å². The Kier molecular flexibility index (Phi) is 3.24. The molecule has 1 aliphatic rings. The van der Waals surface area contributed by atoms with E-state index >= 15 is 0 Å². The number of nitrogens with one attached hydrogen (secondary N) is 1. The Morgan fingerprint density at radius 2 is 1.81 bits per heavy atom. The Morgan fingerprint density at radius 3 is 2.44 bits per heavy atom. The molecule has 3 N–H and O–H groups in total. The molecule has 1 saturated heterocycles. The summed E-state index contributed by atoms with van der Waals surface area (Å²) in [6.45, 7) is 6.08. The highest BCUT2D eigenvalue weighted by Crippen LogP contribution is 2.25. The molecule has 5 heteroatoms. The van der Waals surface area contributed by atoms with E-state index in [-0.39, 0.29) is 0 Å². The SMILES string of the molecule is Cc1nc(NN)c(C)c(N2CCCCC2)n1. The first kappa shape index (κ1) is 11.1. The highest BCUT2D eigenvalue weighted by molar-refractivity contribution is 5.58. The van der Waals surface area contributed by atoms with Crippen LogP contribution in [0, 0.1) is 13.8 Å². The summed E-state index contributed by atoms with van der Waals surface area (Å²) in [6, 6.07) is 0. The molecule has 0 bridgehead atoms. The second kappa shape index (κ2) is 4.65. The minimum absolute atomic E-state index is 0.730. The molecule has 88 valence electrons. The third kappa shape index (κ3) is 2.09. The quantitative estimate of drug-likeness (QED) is 0.583. The van der Waals surface area contributed by atoms with Crippen LogP contribution in [0.15, 0.2) is 0 Å². The zero-order valence-corrected chi connectivity index (χ0v) is 9.95. The van der Waals surface area contributed by atoms with E-state index in [0.29, 0.717) is 0 Å². The highest BCUT2D eigenvalue weighted by Gasteiger charge is 2.17. The number of hydrogen-bond acceptors (Lipinski definition) is 5. The van der Waals surface area contributed by atoms with Crippen LogP contribution in [0.3, 0.4) is 0 Å². The molecule has 0 radical (unpaired) electrons. The first-order chi connectivity index (χ1) is 7.72. The number of hydrazine groups is 1. The molecular weight excluding hydrogens is 202 g/mol. The van der Waals surface area contributed by atoms with Gasteiger partial charge in [-0.05, 0) is 33.1 Å². The van der Waals surface area contributed by atoms with Crippen LogP contribution in [0.25, 0.3) is 0 Å². The lowest BCUT2D eigenvalue weighted by molar-refractivity contribution is 0.571. The molecule has 1 aromatic heterocycles. The third-order valence-electron chi connectivity index (χ3n) is 3.02. The van der Waals surface area contributed by atoms with Crippen LogP contribution in [0.2, 0.25) is 0 Å². The fraction of sp³-hybridized carbons (Fsp3) is 0.636. The van der Waals surface area contributed by atoms with Gasteiger partial charge in [0.25, 0.3) is 0 Å². The van der Waals surface area contributed by atoms with Crippen LogP contribution in [-0.4, -0.2) is 23.1 Å². The molecule has 0 amide bonds. The summed E-state index contributed by atoms with van der Waals surface area (Å²) in [6.07, 6.45) is 3.81. The van der Waals surface area contributed by atoms with Crippen LogP contribution in [0.5, 0.6) is 0 Å². The van der Waals surface area contributed by atoms with Crippen molar-refractivity contribution in [2.45, 2.75) is 33.1 Å². The molecule has 0 saturated carbocycles. The predicted molar refractivity (Wildman–Crippen MR) is 65.4 cm³/mol. The lowest BCUT2D eigenvalue weighted by atomic mass is 10.1. The van der Waals surface area contributed by atoms with Gasteiger partial charge in [0.05, 0.1) is 0 Å². The monoisotopic (exact) mass is 221 g/mol. The number of nitrogen functional groups attached to an aromatic ring is 1. The predicted octanol–water partition coefficient (Wildman–Crippen LogP) is 1.37. The van der Waals surface area contributed by atoms with E-state index in [1.54, 1.807) is 0 Å². The number of hydrogen-bond donors (Lipinski definition) is 2. The van der Waals surface area contributed by atoms with E-state index in [9.17, 15) is 0 Å². The highest BCUT2D eigenvalue weighted by atomic mass is 15.3. The van der Waals surface area contributed by atoms with Crippen molar-refractivity contribution < 1.29 is 0 Å². The van der Waals surface area contributed by atoms with Crippen molar-refractivity contribution in [3.63, 3.8) is 0 Å². The third-order valence-corrected chi connectivity index (χ3v) is 3.02. The molecular formula is C11H19N5. The summed E-state index contributed by atoms with van der Waals surface area (Å²) >= 11 is 0. The van der Waals surface area contributed by atoms with Crippen LogP contribution in [-0.2, 0) is 0 Å². The summed E-state index contributed by atoms with van der Waals surface area (Å²) in [5, 5.41) is 0. The van der Waals surface area contributed by atoms with Crippen molar-refractivity contribution in [3.05, 3.63) is 11.4 Å². The molecule has 1 aliphatic heterocycles. The number of aromatic nitrogens is 2. The molecule has 0 unspecified atom stereocenters. The molecule has 1 fully saturated rings. The zero-order chi connectivity index (χ0) is 11.5. The Balaban J connectivity index is 2.34. The van der Waals surface area contributed by atoms with Crippen LogP contribution in [0.1, 0.15) is 30.7 Å². The van der Waals surface area contributed by atoms with Gasteiger partial charge >= 0.3 is 0 Å². The van der Waals surface area contributed by atoms with Crippen molar-refractivity contribution in [2.24, 2.45) is 5.84 Å². The number of anilines is 2. The maximum atomic E-state index is 5.46. The maximum Gasteiger partial charge on any atom is 0.148 e. The normalized spacial score (nSPS) is 16.3. The number of nitrogens with zero attached hydrogens (tertiary/aromatic N) is 3. The molecule has 0 atom stereocenters. The Hall–Kier alpha value is -1.36. The van der Waals surface area contributed by atoms with Crippen molar-refractivity contribution in [2.75, 3.05) is 23.4 Å². The maximum absolute atomic E-state index is 5.46. The van der Waals surface area contributed by atoms with Gasteiger partial charge in [0.15, 0.2) is 0 Å². The lowest BCUT2D eigenvalue weighted by Gasteiger charge is -2.29. The van der Waals surface area contributed by atoms with Crippen LogP contribution < -0.4 is 16.2 Å². The fourth-order valence-electron chi connectivity index (χ4n) is 2.17. The van der Waals surface area contributed by atoms with E-state index in [0.717, 1.165) is 36.1 Å². The molecule has 5 nitrogen and oxygen atoms in total. The summed E-state index contributed by atoms with van der Waals surface area (Å²) in [5.74, 6) is 7.98. The topological polar surface area (TPSA) is 67.1 Å². The molecule has 2 heterocycles. The standard InChI is InChI=1S/C11H19N5/c1-8-10(15-12)13-9(2)14-11(8)16-6-4-3-5-7-16/h3-7,12H2,1-2H3,(H,13,14,15). The first-order valence-electron chi connectivity index (χ1n) is 5.79.